The molecule has 0 spiro atoms. The Labute approximate surface area is 115 Å². The summed E-state index contributed by atoms with van der Waals surface area (Å²) in [6.45, 7) is 10.1. The van der Waals surface area contributed by atoms with Crippen LogP contribution in [-0.2, 0) is 0 Å². The smallest absolute Gasteiger partial charge is 0.0772 e. The maximum absolute atomic E-state index is 4.18. The summed E-state index contributed by atoms with van der Waals surface area (Å²) < 4.78 is 4.11. The summed E-state index contributed by atoms with van der Waals surface area (Å²) >= 11 is 1.57. The number of aromatic nitrogens is 2. The molecule has 0 aliphatic heterocycles. The molecule has 1 aliphatic carbocycles. The van der Waals surface area contributed by atoms with E-state index in [2.05, 4.69) is 42.6 Å². The molecule has 1 fully saturated rings. The molecule has 0 aromatic carbocycles. The van der Waals surface area contributed by atoms with Gasteiger partial charge in [0.25, 0.3) is 0 Å². The molecule has 1 saturated carbocycles. The van der Waals surface area contributed by atoms with Crippen LogP contribution in [-0.4, -0.2) is 16.1 Å². The topological polar surface area (TPSA) is 37.8 Å². The molecule has 0 amide bonds. The summed E-state index contributed by atoms with van der Waals surface area (Å²) in [5.41, 5.74) is 1.11. The first-order valence-electron chi connectivity index (χ1n) is 7.14. The third-order valence-electron chi connectivity index (χ3n) is 4.08. The lowest BCUT2D eigenvalue weighted by molar-refractivity contribution is 0.178. The Morgan fingerprint density at radius 3 is 2.44 bits per heavy atom. The van der Waals surface area contributed by atoms with Gasteiger partial charge in [0, 0.05) is 6.04 Å². The minimum absolute atomic E-state index is 0.459. The fourth-order valence-corrected chi connectivity index (χ4v) is 4.31. The molecule has 1 aliphatic rings. The van der Waals surface area contributed by atoms with Crippen LogP contribution in [0.25, 0.3) is 0 Å². The second kappa shape index (κ2) is 6.11. The third kappa shape index (κ3) is 3.09. The van der Waals surface area contributed by atoms with Gasteiger partial charge in [-0.15, -0.1) is 5.10 Å². The average molecular weight is 267 g/mol. The van der Waals surface area contributed by atoms with Gasteiger partial charge >= 0.3 is 0 Å². The van der Waals surface area contributed by atoms with E-state index in [4.69, 9.17) is 0 Å². The van der Waals surface area contributed by atoms with Crippen LogP contribution in [0.4, 0.5) is 0 Å². The number of rotatable bonds is 4. The van der Waals surface area contributed by atoms with Crippen LogP contribution in [0.2, 0.25) is 0 Å². The van der Waals surface area contributed by atoms with Crippen molar-refractivity contribution < 1.29 is 0 Å². The second-order valence-electron chi connectivity index (χ2n) is 5.94. The van der Waals surface area contributed by atoms with Gasteiger partial charge in [-0.3, -0.25) is 0 Å². The Bertz CT molecular complexity index is 367. The average Bonchev–Trinajstić information content (AvgIpc) is 2.71. The fraction of sp³-hybridized carbons (Fsp3) is 0.857. The SMILES string of the molecule is CCNC(c1snnc1C)C1CC(C)CC(C)C1. The fourth-order valence-electron chi connectivity index (χ4n) is 3.50. The van der Waals surface area contributed by atoms with Crippen molar-refractivity contribution in [3.8, 4) is 0 Å². The van der Waals surface area contributed by atoms with Crippen LogP contribution in [0.1, 0.15) is 56.6 Å². The molecule has 3 nitrogen and oxygen atoms in total. The zero-order chi connectivity index (χ0) is 13.1. The van der Waals surface area contributed by atoms with Crippen LogP contribution in [0, 0.1) is 24.7 Å². The molecule has 1 aromatic heterocycles. The largest absolute Gasteiger partial charge is 0.309 e. The maximum atomic E-state index is 4.18. The molecule has 18 heavy (non-hydrogen) atoms. The van der Waals surface area contributed by atoms with E-state index in [0.717, 1.165) is 30.0 Å². The predicted molar refractivity (Wildman–Crippen MR) is 76.7 cm³/mol. The van der Waals surface area contributed by atoms with E-state index >= 15 is 0 Å². The minimum atomic E-state index is 0.459. The van der Waals surface area contributed by atoms with Crippen LogP contribution in [0.5, 0.6) is 0 Å². The van der Waals surface area contributed by atoms with Gasteiger partial charge < -0.3 is 5.32 Å². The van der Waals surface area contributed by atoms with Gasteiger partial charge in [0.05, 0.1) is 10.6 Å². The van der Waals surface area contributed by atoms with Gasteiger partial charge in [-0.05, 0) is 62.0 Å². The van der Waals surface area contributed by atoms with E-state index in [-0.39, 0.29) is 0 Å². The summed E-state index contributed by atoms with van der Waals surface area (Å²) in [5, 5.41) is 7.85. The monoisotopic (exact) mass is 267 g/mol. The standard InChI is InChI=1S/C14H25N3S/c1-5-15-13(14-11(4)16-17-18-14)12-7-9(2)6-10(3)8-12/h9-10,12-13,15H,5-8H2,1-4H3. The molecule has 1 N–H and O–H groups in total. The van der Waals surface area contributed by atoms with Crippen molar-refractivity contribution in [1.82, 2.24) is 14.9 Å². The highest BCUT2D eigenvalue weighted by molar-refractivity contribution is 7.05. The van der Waals surface area contributed by atoms with Gasteiger partial charge in [-0.2, -0.15) is 0 Å². The molecule has 2 rings (SSSR count). The van der Waals surface area contributed by atoms with Crippen LogP contribution < -0.4 is 5.32 Å². The van der Waals surface area contributed by atoms with E-state index in [1.165, 1.54) is 24.1 Å². The number of nitrogens with one attached hydrogen (secondary N) is 1. The summed E-state index contributed by atoms with van der Waals surface area (Å²) in [6, 6.07) is 0.459. The first-order valence-corrected chi connectivity index (χ1v) is 7.91. The molecular formula is C14H25N3S. The number of aryl methyl sites for hydroxylation is 1. The van der Waals surface area contributed by atoms with Crippen molar-refractivity contribution in [2.45, 2.75) is 53.0 Å². The Morgan fingerprint density at radius 2 is 1.94 bits per heavy atom. The third-order valence-corrected chi connectivity index (χ3v) is 4.99. The maximum Gasteiger partial charge on any atom is 0.0772 e. The van der Waals surface area contributed by atoms with E-state index in [1.807, 2.05) is 0 Å². The first kappa shape index (κ1) is 13.9. The normalized spacial score (nSPS) is 30.3. The highest BCUT2D eigenvalue weighted by atomic mass is 32.1. The molecule has 1 heterocycles. The Hall–Kier alpha value is -0.480. The molecule has 102 valence electrons. The minimum Gasteiger partial charge on any atom is -0.309 e. The Morgan fingerprint density at radius 1 is 1.28 bits per heavy atom. The van der Waals surface area contributed by atoms with E-state index in [1.54, 1.807) is 11.5 Å². The molecule has 1 aromatic rings. The van der Waals surface area contributed by atoms with E-state index in [9.17, 15) is 0 Å². The lowest BCUT2D eigenvalue weighted by Crippen LogP contribution is -2.33. The van der Waals surface area contributed by atoms with Crippen molar-refractivity contribution >= 4 is 11.5 Å². The van der Waals surface area contributed by atoms with Crippen molar-refractivity contribution in [3.63, 3.8) is 0 Å². The lowest BCUT2D eigenvalue weighted by Gasteiger charge is -2.36. The van der Waals surface area contributed by atoms with E-state index in [0.29, 0.717) is 6.04 Å². The molecule has 3 atom stereocenters. The second-order valence-corrected chi connectivity index (χ2v) is 6.72. The molecule has 3 unspecified atom stereocenters. The van der Waals surface area contributed by atoms with E-state index < -0.39 is 0 Å². The molecule has 4 heteroatoms. The lowest BCUT2D eigenvalue weighted by atomic mass is 9.73. The zero-order valence-corrected chi connectivity index (χ0v) is 12.8. The summed E-state index contributed by atoms with van der Waals surface area (Å²) in [4.78, 5) is 1.35. The quantitative estimate of drug-likeness (QED) is 0.906. The highest BCUT2D eigenvalue weighted by Crippen LogP contribution is 2.41. The highest BCUT2D eigenvalue weighted by Gasteiger charge is 2.32. The predicted octanol–water partition coefficient (Wildman–Crippen LogP) is 3.57. The van der Waals surface area contributed by atoms with Crippen molar-refractivity contribution in [1.29, 1.82) is 0 Å². The van der Waals surface area contributed by atoms with Gasteiger partial charge in [0.15, 0.2) is 0 Å². The summed E-state index contributed by atoms with van der Waals surface area (Å²) in [5.74, 6) is 2.44. The molecule has 0 radical (unpaired) electrons. The number of hydrogen-bond acceptors (Lipinski definition) is 4. The Kier molecular flexibility index (Phi) is 4.73. The van der Waals surface area contributed by atoms with Gasteiger partial charge in [0.1, 0.15) is 0 Å². The number of nitrogens with zero attached hydrogens (tertiary/aromatic N) is 2. The van der Waals surface area contributed by atoms with Crippen molar-refractivity contribution in [3.05, 3.63) is 10.6 Å². The van der Waals surface area contributed by atoms with Gasteiger partial charge in [-0.25, -0.2) is 0 Å². The molecule has 0 bridgehead atoms. The van der Waals surface area contributed by atoms with Crippen molar-refractivity contribution in [2.24, 2.45) is 17.8 Å². The van der Waals surface area contributed by atoms with Gasteiger partial charge in [-0.1, -0.05) is 25.3 Å². The Balaban J connectivity index is 2.17. The zero-order valence-electron chi connectivity index (χ0n) is 11.9. The first-order chi connectivity index (χ1) is 8.61. The van der Waals surface area contributed by atoms with Crippen molar-refractivity contribution in [2.75, 3.05) is 6.54 Å². The summed E-state index contributed by atoms with van der Waals surface area (Å²) in [7, 11) is 0. The molecular weight excluding hydrogens is 242 g/mol. The van der Waals surface area contributed by atoms with Crippen LogP contribution >= 0.6 is 11.5 Å². The summed E-state index contributed by atoms with van der Waals surface area (Å²) in [6.07, 6.45) is 4.05. The van der Waals surface area contributed by atoms with Crippen LogP contribution in [0.15, 0.2) is 0 Å². The van der Waals surface area contributed by atoms with Gasteiger partial charge in [0.2, 0.25) is 0 Å². The molecule has 0 saturated heterocycles. The number of hydrogen-bond donors (Lipinski definition) is 1. The van der Waals surface area contributed by atoms with Crippen LogP contribution in [0.3, 0.4) is 0 Å².